The number of nitrogens with zero attached hydrogens (tertiary/aromatic N) is 3. The summed E-state index contributed by atoms with van der Waals surface area (Å²) in [6.07, 6.45) is 0.847. The second kappa shape index (κ2) is 12.3. The molecule has 3 aromatic rings. The Hall–Kier alpha value is -2.79. The van der Waals surface area contributed by atoms with E-state index < -0.39 is 7.82 Å². The molecule has 7 N–H and O–H groups in total. The fraction of sp³-hybridized carbons (Fsp3) is 0.111. The Labute approximate surface area is 193 Å². The maximum Gasteiger partial charge on any atom is 0.364 e. The fourth-order valence-corrected chi connectivity index (χ4v) is 2.51. The molecule has 32 heavy (non-hydrogen) atoms. The Morgan fingerprint density at radius 3 is 2.12 bits per heavy atom. The molecule has 1 heterocycles. The first-order valence-corrected chi connectivity index (χ1v) is 10.9. The van der Waals surface area contributed by atoms with Crippen LogP contribution in [-0.4, -0.2) is 40.4 Å². The molecule has 0 radical (unpaired) electrons. The van der Waals surface area contributed by atoms with E-state index in [2.05, 4.69) is 15.2 Å². The Bertz CT molecular complexity index is 1090. The number of nitrogens with one attached hydrogen (secondary N) is 1. The second-order valence-electron chi connectivity index (χ2n) is 6.17. The number of carbonyl (C=O) groups is 1. The van der Waals surface area contributed by atoms with Gasteiger partial charge in [0.1, 0.15) is 6.29 Å². The summed E-state index contributed by atoms with van der Waals surface area (Å²) in [5.74, 6) is 0.427. The predicted molar refractivity (Wildman–Crippen MR) is 121 cm³/mol. The molecular weight excluding hydrogens is 482 g/mol. The predicted octanol–water partition coefficient (Wildman–Crippen LogP) is 1.43. The molecule has 0 spiro atoms. The largest absolute Gasteiger partial charge is 0.756 e. The summed E-state index contributed by atoms with van der Waals surface area (Å²) in [6.45, 7) is 0. The standard InChI is InChI=1S/C9H7Cl2N5.C9H11NO.H3O4P/c10-5-3-1-2-4(6(5)11)7-8(12)14-9(13)16-15-7;1-10(2)9-5-3-8(7-11)4-6-9;1-5(2,3)4/h1-3H,(H4,12,13,14,16);3-7H,1-2H3;(H3,1,2,3,4). The summed E-state index contributed by atoms with van der Waals surface area (Å²) in [6, 6.07) is 12.6. The molecule has 0 amide bonds. The number of rotatable bonds is 3. The van der Waals surface area contributed by atoms with E-state index in [9.17, 15) is 4.79 Å². The van der Waals surface area contributed by atoms with E-state index in [0.717, 1.165) is 17.5 Å². The summed E-state index contributed by atoms with van der Waals surface area (Å²) in [7, 11) is -0.953. The van der Waals surface area contributed by atoms with Crippen molar-refractivity contribution in [3.8, 4) is 11.3 Å². The van der Waals surface area contributed by atoms with E-state index in [1.54, 1.807) is 18.2 Å². The normalized spacial score (nSPS) is 10.2. The monoisotopic (exact) mass is 502 g/mol. The summed E-state index contributed by atoms with van der Waals surface area (Å²) >= 11 is 11.9. The van der Waals surface area contributed by atoms with Gasteiger partial charge in [-0.15, -0.1) is 0 Å². The van der Waals surface area contributed by atoms with Crippen LogP contribution in [0.3, 0.4) is 0 Å². The van der Waals surface area contributed by atoms with Crippen LogP contribution in [0.15, 0.2) is 42.5 Å². The lowest BCUT2D eigenvalue weighted by Crippen LogP contribution is -2.20. The lowest BCUT2D eigenvalue weighted by molar-refractivity contribution is -0.347. The Morgan fingerprint density at radius 1 is 1.09 bits per heavy atom. The van der Waals surface area contributed by atoms with Crippen molar-refractivity contribution >= 4 is 54.8 Å². The van der Waals surface area contributed by atoms with Crippen molar-refractivity contribution in [1.29, 1.82) is 0 Å². The van der Waals surface area contributed by atoms with Crippen molar-refractivity contribution in [3.63, 3.8) is 0 Å². The topological polar surface area (TPSA) is 193 Å². The van der Waals surface area contributed by atoms with Crippen molar-refractivity contribution in [1.82, 2.24) is 10.2 Å². The third kappa shape index (κ3) is 9.56. The smallest absolute Gasteiger partial charge is 0.364 e. The molecule has 172 valence electrons. The highest BCUT2D eigenvalue weighted by molar-refractivity contribution is 7.43. The number of H-pyrrole nitrogens is 1. The molecule has 0 saturated heterocycles. The number of anilines is 3. The zero-order valence-electron chi connectivity index (χ0n) is 16.9. The first kappa shape index (κ1) is 27.2. The number of aromatic nitrogens is 3. The maximum absolute atomic E-state index is 10.3. The molecule has 0 aliphatic carbocycles. The zero-order chi connectivity index (χ0) is 24.5. The minimum Gasteiger partial charge on any atom is -0.756 e. The van der Waals surface area contributed by atoms with Gasteiger partial charge in [0.2, 0.25) is 5.82 Å². The molecule has 0 fully saturated rings. The minimum atomic E-state index is -4.89. The highest BCUT2D eigenvalue weighted by atomic mass is 35.5. The third-order valence-electron chi connectivity index (χ3n) is 3.53. The van der Waals surface area contributed by atoms with E-state index in [1.165, 1.54) is 0 Å². The Kier molecular flexibility index (Phi) is 10.5. The van der Waals surface area contributed by atoms with E-state index >= 15 is 0 Å². The number of phosphoric acid groups is 1. The minimum absolute atomic E-state index is 0.138. The highest BCUT2D eigenvalue weighted by Gasteiger charge is 2.15. The number of hydrogen-bond acceptors (Lipinski definition) is 8. The maximum atomic E-state index is 10.3. The van der Waals surface area contributed by atoms with Gasteiger partial charge in [-0.25, -0.2) is 4.98 Å². The van der Waals surface area contributed by atoms with Gasteiger partial charge in [0.05, 0.1) is 10.0 Å². The van der Waals surface area contributed by atoms with Crippen LogP contribution in [0.4, 0.5) is 17.5 Å². The van der Waals surface area contributed by atoms with Gasteiger partial charge in [-0.05, 0) is 30.3 Å². The molecule has 0 saturated carbocycles. The Balaban J connectivity index is 0.000000278. The summed E-state index contributed by atoms with van der Waals surface area (Å²) < 4.78 is 8.77. The molecule has 0 unspecified atom stereocenters. The molecule has 2 aromatic carbocycles. The number of nitrogens with two attached hydrogens (primary N) is 2. The van der Waals surface area contributed by atoms with Gasteiger partial charge < -0.3 is 31.0 Å². The first-order valence-electron chi connectivity index (χ1n) is 8.58. The van der Waals surface area contributed by atoms with Gasteiger partial charge in [-0.2, -0.15) is 0 Å². The van der Waals surface area contributed by atoms with Gasteiger partial charge in [0.25, 0.3) is 7.82 Å². The van der Waals surface area contributed by atoms with Gasteiger partial charge >= 0.3 is 5.95 Å². The summed E-state index contributed by atoms with van der Waals surface area (Å²) in [4.78, 5) is 37.9. The number of benzene rings is 2. The molecule has 0 aliphatic heterocycles. The van der Waals surface area contributed by atoms with Gasteiger partial charge in [-0.1, -0.05) is 40.4 Å². The van der Waals surface area contributed by atoms with Crippen LogP contribution in [0.5, 0.6) is 0 Å². The van der Waals surface area contributed by atoms with Crippen LogP contribution in [0.25, 0.3) is 11.3 Å². The van der Waals surface area contributed by atoms with Crippen molar-refractivity contribution < 1.29 is 29.0 Å². The van der Waals surface area contributed by atoms with Crippen LogP contribution >= 0.6 is 31.0 Å². The second-order valence-corrected chi connectivity index (χ2v) is 7.93. The Morgan fingerprint density at radius 2 is 1.66 bits per heavy atom. The van der Waals surface area contributed by atoms with Crippen LogP contribution in [0.1, 0.15) is 10.4 Å². The van der Waals surface area contributed by atoms with Crippen LogP contribution in [0, 0.1) is 0 Å². The number of halogens is 2. The van der Waals surface area contributed by atoms with Gasteiger partial charge in [0.15, 0.2) is 5.69 Å². The number of nitrogen functional groups attached to an aromatic ring is 2. The zero-order valence-corrected chi connectivity index (χ0v) is 19.3. The highest BCUT2D eigenvalue weighted by Crippen LogP contribution is 2.33. The van der Waals surface area contributed by atoms with Crippen molar-refractivity contribution in [3.05, 3.63) is 58.1 Å². The van der Waals surface area contributed by atoms with Crippen molar-refractivity contribution in [2.45, 2.75) is 0 Å². The lowest BCUT2D eigenvalue weighted by Gasteiger charge is -2.11. The molecular formula is C18H21Cl2N6O5P. The number of aromatic amines is 1. The summed E-state index contributed by atoms with van der Waals surface area (Å²) in [5.41, 5.74) is 14.0. The molecule has 11 nitrogen and oxygen atoms in total. The molecule has 0 bridgehead atoms. The number of aldehydes is 1. The van der Waals surface area contributed by atoms with Gasteiger partial charge in [0, 0.05) is 36.0 Å². The molecule has 0 atom stereocenters. The van der Waals surface area contributed by atoms with Crippen molar-refractivity contribution in [2.75, 3.05) is 30.5 Å². The van der Waals surface area contributed by atoms with E-state index in [1.807, 2.05) is 43.3 Å². The SMILES string of the molecule is CN(C)c1ccc(C=O)cc1.Nc1nnc(-c2cccc(Cl)c2Cl)c(N)[nH+]1.O=P([O-])(O)O. The lowest BCUT2D eigenvalue weighted by atomic mass is 10.1. The van der Waals surface area contributed by atoms with Crippen LogP contribution in [-0.2, 0) is 4.57 Å². The average molecular weight is 503 g/mol. The molecule has 1 aromatic heterocycles. The van der Waals surface area contributed by atoms with Crippen LogP contribution < -0.4 is 26.2 Å². The van der Waals surface area contributed by atoms with Crippen LogP contribution in [0.2, 0.25) is 10.0 Å². The quantitative estimate of drug-likeness (QED) is 0.300. The summed E-state index contributed by atoms with van der Waals surface area (Å²) in [5, 5.41) is 8.36. The van der Waals surface area contributed by atoms with E-state index in [0.29, 0.717) is 21.3 Å². The molecule has 14 heteroatoms. The average Bonchev–Trinajstić information content (AvgIpc) is 2.70. The molecule has 3 rings (SSSR count). The third-order valence-corrected chi connectivity index (χ3v) is 4.35. The first-order chi connectivity index (χ1) is 14.8. The van der Waals surface area contributed by atoms with Crippen molar-refractivity contribution in [2.24, 2.45) is 0 Å². The molecule has 0 aliphatic rings. The van der Waals surface area contributed by atoms with E-state index in [-0.39, 0.29) is 11.8 Å². The van der Waals surface area contributed by atoms with Gasteiger partial charge in [-0.3, -0.25) is 9.36 Å². The number of hydrogen-bond donors (Lipinski definition) is 4. The fourth-order valence-electron chi connectivity index (χ4n) is 2.12. The van der Waals surface area contributed by atoms with E-state index in [4.69, 9.17) is 53.9 Å². The number of carbonyl (C=O) groups excluding carboxylic acids is 1.